The van der Waals surface area contributed by atoms with Crippen LogP contribution in [0.1, 0.15) is 13.3 Å². The van der Waals surface area contributed by atoms with Crippen LogP contribution in [-0.4, -0.2) is 27.3 Å². The lowest BCUT2D eigenvalue weighted by molar-refractivity contribution is -0.265. The van der Waals surface area contributed by atoms with Gasteiger partial charge in [0.05, 0.1) is 6.61 Å². The molecule has 0 saturated heterocycles. The lowest BCUT2D eigenvalue weighted by Crippen LogP contribution is -2.17. The zero-order valence-corrected chi connectivity index (χ0v) is 6.22. The molecule has 9 heavy (non-hydrogen) atoms. The van der Waals surface area contributed by atoms with Crippen LogP contribution < -0.4 is 0 Å². The lowest BCUT2D eigenvalue weighted by atomic mass is 10.5. The van der Waals surface area contributed by atoms with Gasteiger partial charge < -0.3 is 14.2 Å². The van der Waals surface area contributed by atoms with Crippen molar-refractivity contribution in [1.29, 1.82) is 0 Å². The van der Waals surface area contributed by atoms with Gasteiger partial charge in [0.1, 0.15) is 0 Å². The molecule has 0 saturated carbocycles. The molecule has 0 fully saturated rings. The minimum atomic E-state index is -0.495. The Hall–Kier alpha value is -0.120. The van der Waals surface area contributed by atoms with Crippen LogP contribution in [0.4, 0.5) is 0 Å². The largest absolute Gasteiger partial charge is 0.333 e. The maximum atomic E-state index is 5.05. The minimum Gasteiger partial charge on any atom is -0.333 e. The zero-order chi connectivity index (χ0) is 7.11. The third kappa shape index (κ3) is 4.39. The van der Waals surface area contributed by atoms with Crippen LogP contribution in [-0.2, 0) is 14.2 Å². The summed E-state index contributed by atoms with van der Waals surface area (Å²) in [5, 5.41) is 0. The molecule has 0 rings (SSSR count). The fraction of sp³-hybridized carbons (Fsp3) is 1.00. The minimum absolute atomic E-state index is 0.495. The van der Waals surface area contributed by atoms with Gasteiger partial charge in [-0.05, 0) is 6.42 Å². The average molecular weight is 134 g/mol. The molecule has 0 spiro atoms. The van der Waals surface area contributed by atoms with Crippen molar-refractivity contribution in [3.8, 4) is 0 Å². The molecule has 0 aliphatic carbocycles. The maximum Gasteiger partial charge on any atom is 0.271 e. The Kier molecular flexibility index (Phi) is 5.93. The topological polar surface area (TPSA) is 27.7 Å². The second-order valence-electron chi connectivity index (χ2n) is 1.63. The highest BCUT2D eigenvalue weighted by molar-refractivity contribution is 4.23. The van der Waals surface area contributed by atoms with Crippen molar-refractivity contribution in [2.45, 2.75) is 19.8 Å². The molecule has 0 radical (unpaired) electrons. The number of hydrogen-bond donors (Lipinski definition) is 0. The van der Waals surface area contributed by atoms with Crippen LogP contribution in [0.15, 0.2) is 0 Å². The van der Waals surface area contributed by atoms with E-state index in [0.717, 1.165) is 6.42 Å². The van der Waals surface area contributed by atoms with Gasteiger partial charge in [0.25, 0.3) is 6.48 Å². The number of methoxy groups -OCH3 is 2. The van der Waals surface area contributed by atoms with Crippen molar-refractivity contribution in [1.82, 2.24) is 0 Å². The second kappa shape index (κ2) is 6.01. The molecule has 0 aromatic heterocycles. The number of hydrogen-bond acceptors (Lipinski definition) is 3. The van der Waals surface area contributed by atoms with Gasteiger partial charge >= 0.3 is 0 Å². The van der Waals surface area contributed by atoms with Crippen LogP contribution in [0, 0.1) is 0 Å². The van der Waals surface area contributed by atoms with Gasteiger partial charge in [0, 0.05) is 14.2 Å². The van der Waals surface area contributed by atoms with Crippen LogP contribution in [0.2, 0.25) is 0 Å². The van der Waals surface area contributed by atoms with Gasteiger partial charge in [-0.2, -0.15) is 0 Å². The monoisotopic (exact) mass is 134 g/mol. The highest BCUT2D eigenvalue weighted by atomic mass is 16.8. The predicted octanol–water partition coefficient (Wildman–Crippen LogP) is 0.989. The van der Waals surface area contributed by atoms with Gasteiger partial charge in [0.15, 0.2) is 0 Å². The molecule has 0 atom stereocenters. The molecule has 0 bridgehead atoms. The zero-order valence-electron chi connectivity index (χ0n) is 6.22. The molecule has 0 aliphatic rings. The van der Waals surface area contributed by atoms with Crippen molar-refractivity contribution in [2.75, 3.05) is 20.8 Å². The SMILES string of the molecule is CCCOC(OC)OC. The molecule has 0 unspecified atom stereocenters. The van der Waals surface area contributed by atoms with Crippen LogP contribution in [0.25, 0.3) is 0 Å². The molecule has 0 aromatic rings. The van der Waals surface area contributed by atoms with E-state index in [-0.39, 0.29) is 0 Å². The fourth-order valence-corrected chi connectivity index (χ4v) is 0.446. The summed E-state index contributed by atoms with van der Waals surface area (Å²) in [6.07, 6.45) is 0.975. The van der Waals surface area contributed by atoms with Crippen LogP contribution in [0.5, 0.6) is 0 Å². The van der Waals surface area contributed by atoms with E-state index in [0.29, 0.717) is 6.61 Å². The van der Waals surface area contributed by atoms with Gasteiger partial charge in [-0.3, -0.25) is 0 Å². The van der Waals surface area contributed by atoms with Gasteiger partial charge in [-0.25, -0.2) is 0 Å². The summed E-state index contributed by atoms with van der Waals surface area (Å²) < 4.78 is 14.6. The summed E-state index contributed by atoms with van der Waals surface area (Å²) in [4.78, 5) is 0. The maximum absolute atomic E-state index is 5.05. The summed E-state index contributed by atoms with van der Waals surface area (Å²) in [5.74, 6) is 0. The summed E-state index contributed by atoms with van der Waals surface area (Å²) in [7, 11) is 3.09. The van der Waals surface area contributed by atoms with Crippen LogP contribution in [0.3, 0.4) is 0 Å². The summed E-state index contributed by atoms with van der Waals surface area (Å²) in [5.41, 5.74) is 0. The average Bonchev–Trinajstić information content (AvgIpc) is 1.91. The highest BCUT2D eigenvalue weighted by Gasteiger charge is 2.01. The Balaban J connectivity index is 3.09. The van der Waals surface area contributed by atoms with Crippen molar-refractivity contribution in [3.63, 3.8) is 0 Å². The highest BCUT2D eigenvalue weighted by Crippen LogP contribution is 1.93. The van der Waals surface area contributed by atoms with Crippen molar-refractivity contribution < 1.29 is 14.2 Å². The van der Waals surface area contributed by atoms with Gasteiger partial charge in [0.2, 0.25) is 0 Å². The molecule has 0 aromatic carbocycles. The molecule has 3 heteroatoms. The van der Waals surface area contributed by atoms with Gasteiger partial charge in [-0.15, -0.1) is 0 Å². The summed E-state index contributed by atoms with van der Waals surface area (Å²) >= 11 is 0. The Morgan fingerprint density at radius 1 is 1.22 bits per heavy atom. The van der Waals surface area contributed by atoms with Crippen molar-refractivity contribution in [3.05, 3.63) is 0 Å². The van der Waals surface area contributed by atoms with Crippen molar-refractivity contribution >= 4 is 0 Å². The lowest BCUT2D eigenvalue weighted by Gasteiger charge is -2.12. The van der Waals surface area contributed by atoms with Gasteiger partial charge in [-0.1, -0.05) is 6.92 Å². The van der Waals surface area contributed by atoms with E-state index in [9.17, 15) is 0 Å². The van der Waals surface area contributed by atoms with E-state index in [1.807, 2.05) is 6.92 Å². The fourth-order valence-electron chi connectivity index (χ4n) is 0.446. The number of ether oxygens (including phenoxy) is 3. The van der Waals surface area contributed by atoms with E-state index in [1.165, 1.54) is 0 Å². The normalized spacial score (nSPS) is 10.7. The van der Waals surface area contributed by atoms with Crippen LogP contribution >= 0.6 is 0 Å². The van der Waals surface area contributed by atoms with Crippen molar-refractivity contribution in [2.24, 2.45) is 0 Å². The van der Waals surface area contributed by atoms with E-state index in [1.54, 1.807) is 14.2 Å². The van der Waals surface area contributed by atoms with E-state index in [2.05, 4.69) is 0 Å². The Morgan fingerprint density at radius 2 is 1.78 bits per heavy atom. The molecule has 3 nitrogen and oxygen atoms in total. The Morgan fingerprint density at radius 3 is 2.11 bits per heavy atom. The molecule has 56 valence electrons. The molecular weight excluding hydrogens is 120 g/mol. The summed E-state index contributed by atoms with van der Waals surface area (Å²) in [6, 6.07) is 0. The Labute approximate surface area is 55.9 Å². The quantitative estimate of drug-likeness (QED) is 0.525. The van der Waals surface area contributed by atoms with E-state index >= 15 is 0 Å². The second-order valence-corrected chi connectivity index (χ2v) is 1.63. The first-order chi connectivity index (χ1) is 4.35. The summed E-state index contributed by atoms with van der Waals surface area (Å²) in [6.45, 7) is 2.21. The first-order valence-electron chi connectivity index (χ1n) is 3.02. The number of rotatable bonds is 5. The Bertz CT molecular complexity index is 52.3. The molecule has 0 heterocycles. The third-order valence-corrected chi connectivity index (χ3v) is 0.843. The predicted molar refractivity (Wildman–Crippen MR) is 34.0 cm³/mol. The third-order valence-electron chi connectivity index (χ3n) is 0.843. The first-order valence-corrected chi connectivity index (χ1v) is 3.02. The molecule has 0 amide bonds. The van der Waals surface area contributed by atoms with E-state index < -0.39 is 6.48 Å². The standard InChI is InChI=1S/C6H14O3/c1-4-5-9-6(7-2)8-3/h6H,4-5H2,1-3H3. The molecular formula is C6H14O3. The molecule has 0 aliphatic heterocycles. The first kappa shape index (κ1) is 8.88. The molecule has 0 N–H and O–H groups in total. The van der Waals surface area contributed by atoms with E-state index in [4.69, 9.17) is 14.2 Å². The smallest absolute Gasteiger partial charge is 0.271 e.